The van der Waals surface area contributed by atoms with Crippen LogP contribution in [0.2, 0.25) is 0 Å². The number of carbonyl (C=O) groups is 1. The topological polar surface area (TPSA) is 66.5 Å². The van der Waals surface area contributed by atoms with Gasteiger partial charge in [-0.15, -0.1) is 0 Å². The Labute approximate surface area is 135 Å². The quantitative estimate of drug-likeness (QED) is 0.823. The summed E-state index contributed by atoms with van der Waals surface area (Å²) in [5.74, 6) is -2.76. The van der Waals surface area contributed by atoms with Gasteiger partial charge in [-0.2, -0.15) is 0 Å². The largest absolute Gasteiger partial charge is 0.352 e. The summed E-state index contributed by atoms with van der Waals surface area (Å²) in [4.78, 5) is 12.3. The maximum atomic E-state index is 13.4. The smallest absolute Gasteiger partial charge is 0.243 e. The number of benzene rings is 1. The number of sulfonamides is 1. The third-order valence-corrected chi connectivity index (χ3v) is 4.60. The number of hydrogen-bond donors (Lipinski definition) is 1. The molecule has 1 aromatic carbocycles. The molecule has 1 N–H and O–H groups in total. The van der Waals surface area contributed by atoms with Crippen LogP contribution < -0.4 is 9.62 Å². The van der Waals surface area contributed by atoms with Gasteiger partial charge in [0.05, 0.1) is 11.9 Å². The fourth-order valence-electron chi connectivity index (χ4n) is 2.30. The summed E-state index contributed by atoms with van der Waals surface area (Å²) >= 11 is 0. The molecule has 0 radical (unpaired) electrons. The summed E-state index contributed by atoms with van der Waals surface area (Å²) in [6.07, 6.45) is 2.53. The number of anilines is 1. The van der Waals surface area contributed by atoms with Crippen molar-refractivity contribution in [3.63, 3.8) is 0 Å². The minimum atomic E-state index is -3.86. The van der Waals surface area contributed by atoms with Crippen molar-refractivity contribution >= 4 is 21.6 Å². The fraction of sp³-hybridized carbons (Fsp3) is 0.533. The van der Waals surface area contributed by atoms with Gasteiger partial charge in [-0.05, 0) is 32.4 Å². The second-order valence-electron chi connectivity index (χ2n) is 5.53. The zero-order valence-electron chi connectivity index (χ0n) is 13.6. The van der Waals surface area contributed by atoms with E-state index in [0.29, 0.717) is 0 Å². The maximum Gasteiger partial charge on any atom is 0.243 e. The van der Waals surface area contributed by atoms with E-state index in [1.165, 1.54) is 6.92 Å². The molecule has 1 rings (SSSR count). The summed E-state index contributed by atoms with van der Waals surface area (Å²) in [7, 11) is -3.86. The first kappa shape index (κ1) is 19.3. The summed E-state index contributed by atoms with van der Waals surface area (Å²) in [6, 6.07) is 1.51. The van der Waals surface area contributed by atoms with Crippen molar-refractivity contribution in [3.05, 3.63) is 29.8 Å². The first-order valence-electron chi connectivity index (χ1n) is 7.32. The molecule has 0 aromatic heterocycles. The fourth-order valence-corrected chi connectivity index (χ4v) is 3.47. The van der Waals surface area contributed by atoms with Crippen molar-refractivity contribution in [3.8, 4) is 0 Å². The van der Waals surface area contributed by atoms with Crippen molar-refractivity contribution in [1.82, 2.24) is 5.32 Å². The number of nitrogens with one attached hydrogen (secondary N) is 1. The molecule has 0 fully saturated rings. The lowest BCUT2D eigenvalue weighted by molar-refractivity contribution is -0.122. The van der Waals surface area contributed by atoms with E-state index in [2.05, 4.69) is 5.32 Å². The molecule has 0 aliphatic heterocycles. The molecule has 1 amide bonds. The molecule has 0 saturated carbocycles. The molecular formula is C15H22F2N2O3S. The number of carbonyl (C=O) groups excluding carboxylic acids is 1. The van der Waals surface area contributed by atoms with E-state index in [9.17, 15) is 22.0 Å². The maximum absolute atomic E-state index is 13.4. The highest BCUT2D eigenvalue weighted by atomic mass is 32.2. The van der Waals surface area contributed by atoms with Crippen LogP contribution in [0.5, 0.6) is 0 Å². The monoisotopic (exact) mass is 348 g/mol. The van der Waals surface area contributed by atoms with Gasteiger partial charge in [-0.25, -0.2) is 17.2 Å². The van der Waals surface area contributed by atoms with Crippen LogP contribution in [0.3, 0.4) is 0 Å². The summed E-state index contributed by atoms with van der Waals surface area (Å²) < 4.78 is 51.3. The standard InChI is InChI=1S/C15H22F2N2O3S/c1-5-6-10(2)18-15(20)11(3)19(23(4,21)22)12-7-8-13(16)14(17)9-12/h7-11H,5-6H2,1-4H3,(H,18,20)/t10-,11+/m0/s1. The lowest BCUT2D eigenvalue weighted by Crippen LogP contribution is -2.49. The molecule has 0 aliphatic carbocycles. The lowest BCUT2D eigenvalue weighted by atomic mass is 10.2. The Morgan fingerprint density at radius 3 is 2.35 bits per heavy atom. The second-order valence-corrected chi connectivity index (χ2v) is 7.39. The van der Waals surface area contributed by atoms with E-state index in [4.69, 9.17) is 0 Å². The highest BCUT2D eigenvalue weighted by Crippen LogP contribution is 2.23. The Kier molecular flexibility index (Phi) is 6.49. The molecule has 8 heteroatoms. The molecule has 0 unspecified atom stereocenters. The third kappa shape index (κ3) is 5.16. The SMILES string of the molecule is CCC[C@H](C)NC(=O)[C@@H](C)N(c1ccc(F)c(F)c1)S(C)(=O)=O. The van der Waals surface area contributed by atoms with Crippen LogP contribution in [0.25, 0.3) is 0 Å². The number of halogens is 2. The van der Waals surface area contributed by atoms with Crippen LogP contribution in [-0.2, 0) is 14.8 Å². The zero-order chi connectivity index (χ0) is 17.8. The van der Waals surface area contributed by atoms with Crippen molar-refractivity contribution in [1.29, 1.82) is 0 Å². The molecular weight excluding hydrogens is 326 g/mol. The highest BCUT2D eigenvalue weighted by Gasteiger charge is 2.30. The minimum Gasteiger partial charge on any atom is -0.352 e. The Bertz CT molecular complexity index is 665. The van der Waals surface area contributed by atoms with E-state index in [1.807, 2.05) is 13.8 Å². The second kappa shape index (κ2) is 7.72. The van der Waals surface area contributed by atoms with Crippen LogP contribution in [0.4, 0.5) is 14.5 Å². The van der Waals surface area contributed by atoms with Gasteiger partial charge in [-0.3, -0.25) is 9.10 Å². The summed E-state index contributed by atoms with van der Waals surface area (Å²) in [6.45, 7) is 5.18. The van der Waals surface area contributed by atoms with Gasteiger partial charge in [0.25, 0.3) is 0 Å². The molecule has 0 spiro atoms. The van der Waals surface area contributed by atoms with E-state index in [-0.39, 0.29) is 11.7 Å². The Balaban J connectivity index is 3.12. The van der Waals surface area contributed by atoms with E-state index in [1.54, 1.807) is 0 Å². The number of amides is 1. The minimum absolute atomic E-state index is 0.0998. The number of nitrogens with zero attached hydrogens (tertiary/aromatic N) is 1. The van der Waals surface area contributed by atoms with Crippen LogP contribution in [0.15, 0.2) is 18.2 Å². The highest BCUT2D eigenvalue weighted by molar-refractivity contribution is 7.92. The van der Waals surface area contributed by atoms with Gasteiger partial charge >= 0.3 is 0 Å². The first-order chi connectivity index (χ1) is 10.6. The van der Waals surface area contributed by atoms with E-state index in [0.717, 1.165) is 41.6 Å². The summed E-state index contributed by atoms with van der Waals surface area (Å²) in [5, 5.41) is 2.72. The Morgan fingerprint density at radius 2 is 1.87 bits per heavy atom. The van der Waals surface area contributed by atoms with Crippen molar-refractivity contribution < 1.29 is 22.0 Å². The molecule has 23 heavy (non-hydrogen) atoms. The molecule has 0 heterocycles. The number of rotatable bonds is 7. The number of hydrogen-bond acceptors (Lipinski definition) is 3. The molecule has 2 atom stereocenters. The normalized spacial score (nSPS) is 14.2. The van der Waals surface area contributed by atoms with Gasteiger partial charge in [0.2, 0.25) is 15.9 Å². The molecule has 5 nitrogen and oxygen atoms in total. The molecule has 130 valence electrons. The molecule has 0 bridgehead atoms. The van der Waals surface area contributed by atoms with Crippen molar-refractivity contribution in [2.24, 2.45) is 0 Å². The predicted octanol–water partition coefficient (Wildman–Crippen LogP) is 2.42. The van der Waals surface area contributed by atoms with Crippen LogP contribution in [-0.4, -0.2) is 32.7 Å². The lowest BCUT2D eigenvalue weighted by Gasteiger charge is -2.29. The zero-order valence-corrected chi connectivity index (χ0v) is 14.5. The van der Waals surface area contributed by atoms with Gasteiger partial charge in [0.1, 0.15) is 6.04 Å². The van der Waals surface area contributed by atoms with Gasteiger partial charge in [0.15, 0.2) is 11.6 Å². The molecule has 0 aliphatic rings. The predicted molar refractivity (Wildman–Crippen MR) is 85.7 cm³/mol. The van der Waals surface area contributed by atoms with Crippen molar-refractivity contribution in [2.75, 3.05) is 10.6 Å². The van der Waals surface area contributed by atoms with Crippen LogP contribution in [0, 0.1) is 11.6 Å². The van der Waals surface area contributed by atoms with Crippen LogP contribution in [0.1, 0.15) is 33.6 Å². The summed E-state index contributed by atoms with van der Waals surface area (Å²) in [5.41, 5.74) is -0.0998. The average molecular weight is 348 g/mol. The Hall–Kier alpha value is -1.70. The third-order valence-electron chi connectivity index (χ3n) is 3.36. The Morgan fingerprint density at radius 1 is 1.26 bits per heavy atom. The van der Waals surface area contributed by atoms with Crippen LogP contribution >= 0.6 is 0 Å². The van der Waals surface area contributed by atoms with Gasteiger partial charge < -0.3 is 5.32 Å². The molecule has 0 saturated heterocycles. The van der Waals surface area contributed by atoms with E-state index < -0.39 is 33.6 Å². The molecule has 1 aromatic rings. The van der Waals surface area contributed by atoms with E-state index >= 15 is 0 Å². The van der Waals surface area contributed by atoms with Gasteiger partial charge in [0, 0.05) is 12.1 Å². The van der Waals surface area contributed by atoms with Crippen molar-refractivity contribution in [2.45, 2.75) is 45.7 Å². The van der Waals surface area contributed by atoms with Gasteiger partial charge in [-0.1, -0.05) is 13.3 Å². The average Bonchev–Trinajstić information content (AvgIpc) is 2.41. The first-order valence-corrected chi connectivity index (χ1v) is 9.17.